The Kier molecular flexibility index (Phi) is 4.00. The largest absolute Gasteiger partial charge is 0.298 e. The van der Waals surface area contributed by atoms with Gasteiger partial charge in [-0.05, 0) is 26.7 Å². The molecule has 0 aromatic rings. The van der Waals surface area contributed by atoms with Crippen molar-refractivity contribution in [1.82, 2.24) is 14.9 Å². The summed E-state index contributed by atoms with van der Waals surface area (Å²) in [5, 5.41) is 5.17. The summed E-state index contributed by atoms with van der Waals surface area (Å²) < 4.78 is 0. The molecule has 2 fully saturated rings. The summed E-state index contributed by atoms with van der Waals surface area (Å²) in [5.74, 6) is 0. The highest BCUT2D eigenvalue weighted by Crippen LogP contribution is 2.14. The highest BCUT2D eigenvalue weighted by molar-refractivity contribution is 4.74. The second kappa shape index (κ2) is 5.28. The second-order valence-electron chi connectivity index (χ2n) is 5.10. The molecule has 0 atom stereocenters. The summed E-state index contributed by atoms with van der Waals surface area (Å²) >= 11 is 0. The molecule has 2 saturated heterocycles. The third-order valence-corrected chi connectivity index (χ3v) is 3.75. The Morgan fingerprint density at radius 1 is 0.667 bits per heavy atom. The second-order valence-corrected chi connectivity index (χ2v) is 5.10. The van der Waals surface area contributed by atoms with E-state index in [-0.39, 0.29) is 0 Å². The number of rotatable bonds is 2. The maximum Gasteiger partial charge on any atom is 0.0261 e. The van der Waals surface area contributed by atoms with Crippen molar-refractivity contribution in [3.63, 3.8) is 0 Å². The van der Waals surface area contributed by atoms with E-state index in [1.807, 2.05) is 0 Å². The zero-order valence-corrected chi connectivity index (χ0v) is 10.3. The lowest BCUT2D eigenvalue weighted by Crippen LogP contribution is -2.56. The Balaban J connectivity index is 1.77. The minimum atomic E-state index is 0.716. The van der Waals surface area contributed by atoms with Crippen molar-refractivity contribution in [2.24, 2.45) is 0 Å². The normalized spacial score (nSPS) is 27.4. The molecule has 0 amide bonds. The Morgan fingerprint density at radius 3 is 1.73 bits per heavy atom. The van der Waals surface area contributed by atoms with Gasteiger partial charge in [-0.1, -0.05) is 6.42 Å². The lowest BCUT2D eigenvalue weighted by Gasteiger charge is -2.43. The summed E-state index contributed by atoms with van der Waals surface area (Å²) in [6, 6.07) is 0.716. The van der Waals surface area contributed by atoms with E-state index in [0.717, 1.165) is 0 Å². The van der Waals surface area contributed by atoms with Gasteiger partial charge in [0.05, 0.1) is 0 Å². The Morgan fingerprint density at radius 2 is 1.20 bits per heavy atom. The van der Waals surface area contributed by atoms with Crippen LogP contribution in [-0.2, 0) is 0 Å². The zero-order chi connectivity index (χ0) is 10.7. The molecule has 2 aliphatic rings. The van der Waals surface area contributed by atoms with Gasteiger partial charge < -0.3 is 0 Å². The lowest BCUT2D eigenvalue weighted by molar-refractivity contribution is -0.0721. The first kappa shape index (κ1) is 11.4. The van der Waals surface area contributed by atoms with E-state index in [1.54, 1.807) is 0 Å². The van der Waals surface area contributed by atoms with E-state index in [9.17, 15) is 0 Å². The SMILES string of the molecule is CC(C)N1CCN(N2CCCCC2)CC1. The minimum Gasteiger partial charge on any atom is -0.298 e. The summed E-state index contributed by atoms with van der Waals surface area (Å²) in [4.78, 5) is 2.58. The molecule has 15 heavy (non-hydrogen) atoms. The number of hydrogen-bond donors (Lipinski definition) is 0. The van der Waals surface area contributed by atoms with Gasteiger partial charge >= 0.3 is 0 Å². The van der Waals surface area contributed by atoms with Crippen LogP contribution in [0.1, 0.15) is 33.1 Å². The molecular weight excluding hydrogens is 186 g/mol. The smallest absolute Gasteiger partial charge is 0.0261 e. The van der Waals surface area contributed by atoms with Gasteiger partial charge in [0.2, 0.25) is 0 Å². The van der Waals surface area contributed by atoms with Crippen LogP contribution in [0.15, 0.2) is 0 Å². The topological polar surface area (TPSA) is 9.72 Å². The molecule has 0 aliphatic carbocycles. The van der Waals surface area contributed by atoms with Crippen LogP contribution in [0.2, 0.25) is 0 Å². The molecule has 0 saturated carbocycles. The molecule has 0 spiro atoms. The Labute approximate surface area is 94.0 Å². The molecular formula is C12H25N3. The molecule has 0 N–H and O–H groups in total. The molecule has 88 valence electrons. The molecule has 0 bridgehead atoms. The van der Waals surface area contributed by atoms with Crippen molar-refractivity contribution in [3.8, 4) is 0 Å². The van der Waals surface area contributed by atoms with Crippen LogP contribution in [0.5, 0.6) is 0 Å². The molecule has 3 nitrogen and oxygen atoms in total. The van der Waals surface area contributed by atoms with Gasteiger partial charge in [0.1, 0.15) is 0 Å². The van der Waals surface area contributed by atoms with Gasteiger partial charge in [-0.15, -0.1) is 0 Å². The van der Waals surface area contributed by atoms with Crippen LogP contribution < -0.4 is 0 Å². The van der Waals surface area contributed by atoms with E-state index >= 15 is 0 Å². The zero-order valence-electron chi connectivity index (χ0n) is 10.3. The number of hydrazine groups is 1. The summed E-state index contributed by atoms with van der Waals surface area (Å²) in [6.45, 7) is 12.1. The van der Waals surface area contributed by atoms with Crippen LogP contribution in [0.25, 0.3) is 0 Å². The fourth-order valence-electron chi connectivity index (χ4n) is 2.67. The van der Waals surface area contributed by atoms with E-state index in [0.29, 0.717) is 6.04 Å². The summed E-state index contributed by atoms with van der Waals surface area (Å²) in [7, 11) is 0. The van der Waals surface area contributed by atoms with Gasteiger partial charge in [-0.3, -0.25) is 4.90 Å². The number of piperazine rings is 1. The highest BCUT2D eigenvalue weighted by Gasteiger charge is 2.23. The van der Waals surface area contributed by atoms with Crippen LogP contribution in [0, 0.1) is 0 Å². The van der Waals surface area contributed by atoms with Gasteiger partial charge in [-0.25, -0.2) is 10.0 Å². The van der Waals surface area contributed by atoms with Crippen molar-refractivity contribution in [2.75, 3.05) is 39.3 Å². The van der Waals surface area contributed by atoms with Crippen LogP contribution in [-0.4, -0.2) is 60.2 Å². The van der Waals surface area contributed by atoms with Crippen molar-refractivity contribution in [3.05, 3.63) is 0 Å². The minimum absolute atomic E-state index is 0.716. The Hall–Kier alpha value is -0.120. The molecule has 0 radical (unpaired) electrons. The molecule has 3 heteroatoms. The van der Waals surface area contributed by atoms with Crippen molar-refractivity contribution >= 4 is 0 Å². The standard InChI is InChI=1S/C12H25N3/c1-12(2)13-8-10-15(11-9-13)14-6-4-3-5-7-14/h12H,3-11H2,1-2H3. The van der Waals surface area contributed by atoms with Crippen molar-refractivity contribution in [1.29, 1.82) is 0 Å². The van der Waals surface area contributed by atoms with Crippen LogP contribution in [0.3, 0.4) is 0 Å². The molecule has 2 heterocycles. The van der Waals surface area contributed by atoms with Crippen LogP contribution >= 0.6 is 0 Å². The average Bonchev–Trinajstić information content (AvgIpc) is 2.30. The number of piperidine rings is 1. The van der Waals surface area contributed by atoms with Gasteiger partial charge in [0.25, 0.3) is 0 Å². The molecule has 0 unspecified atom stereocenters. The maximum atomic E-state index is 2.58. The van der Waals surface area contributed by atoms with E-state index in [4.69, 9.17) is 0 Å². The van der Waals surface area contributed by atoms with Crippen LogP contribution in [0.4, 0.5) is 0 Å². The Bertz CT molecular complexity index is 179. The maximum absolute atomic E-state index is 2.58. The summed E-state index contributed by atoms with van der Waals surface area (Å²) in [6.07, 6.45) is 4.22. The van der Waals surface area contributed by atoms with Gasteiger partial charge in [0, 0.05) is 45.3 Å². The average molecular weight is 211 g/mol. The third kappa shape index (κ3) is 2.92. The predicted molar refractivity (Wildman–Crippen MR) is 63.7 cm³/mol. The molecule has 2 rings (SSSR count). The third-order valence-electron chi connectivity index (χ3n) is 3.75. The van der Waals surface area contributed by atoms with Gasteiger partial charge in [0.15, 0.2) is 0 Å². The lowest BCUT2D eigenvalue weighted by atomic mass is 10.1. The highest BCUT2D eigenvalue weighted by atomic mass is 15.6. The van der Waals surface area contributed by atoms with E-state index in [1.165, 1.54) is 58.5 Å². The molecule has 0 aromatic heterocycles. The predicted octanol–water partition coefficient (Wildman–Crippen LogP) is 1.41. The monoisotopic (exact) mass is 211 g/mol. The number of nitrogens with zero attached hydrogens (tertiary/aromatic N) is 3. The fraction of sp³-hybridized carbons (Fsp3) is 1.00. The van der Waals surface area contributed by atoms with Crippen molar-refractivity contribution in [2.45, 2.75) is 39.2 Å². The number of hydrogen-bond acceptors (Lipinski definition) is 3. The van der Waals surface area contributed by atoms with Crippen molar-refractivity contribution < 1.29 is 0 Å². The molecule has 0 aromatic carbocycles. The van der Waals surface area contributed by atoms with E-state index < -0.39 is 0 Å². The van der Waals surface area contributed by atoms with Gasteiger partial charge in [-0.2, -0.15) is 0 Å². The quantitative estimate of drug-likeness (QED) is 0.684. The molecule has 2 aliphatic heterocycles. The fourth-order valence-corrected chi connectivity index (χ4v) is 2.67. The summed E-state index contributed by atoms with van der Waals surface area (Å²) in [5.41, 5.74) is 0. The van der Waals surface area contributed by atoms with E-state index in [2.05, 4.69) is 28.8 Å². The first-order valence-corrected chi connectivity index (χ1v) is 6.51. The first-order valence-electron chi connectivity index (χ1n) is 6.51. The first-order chi connectivity index (χ1) is 7.27.